The maximum absolute atomic E-state index is 12.2. The molecule has 1 aliphatic rings. The number of ether oxygens (including phenoxy) is 2. The van der Waals surface area contributed by atoms with E-state index in [0.29, 0.717) is 19.8 Å². The van der Waals surface area contributed by atoms with Gasteiger partial charge in [0.25, 0.3) is 5.91 Å². The Morgan fingerprint density at radius 2 is 2.32 bits per heavy atom. The van der Waals surface area contributed by atoms with Crippen molar-refractivity contribution in [1.82, 2.24) is 15.1 Å². The van der Waals surface area contributed by atoms with Crippen LogP contribution in [0.25, 0.3) is 5.69 Å². The first-order chi connectivity index (χ1) is 10.7. The van der Waals surface area contributed by atoms with Gasteiger partial charge in [-0.2, -0.15) is 5.10 Å². The van der Waals surface area contributed by atoms with E-state index in [9.17, 15) is 4.79 Å². The third-order valence-corrected chi connectivity index (χ3v) is 3.61. The van der Waals surface area contributed by atoms with Crippen LogP contribution in [0.4, 0.5) is 0 Å². The summed E-state index contributed by atoms with van der Waals surface area (Å²) in [5, 5.41) is 7.18. The van der Waals surface area contributed by atoms with Gasteiger partial charge in [0.2, 0.25) is 0 Å². The Kier molecular flexibility index (Phi) is 4.50. The van der Waals surface area contributed by atoms with Crippen molar-refractivity contribution in [2.45, 2.75) is 19.1 Å². The Morgan fingerprint density at radius 3 is 3.05 bits per heavy atom. The van der Waals surface area contributed by atoms with Crippen LogP contribution in [-0.2, 0) is 14.3 Å². The molecular formula is C16H19N3O3. The molecule has 0 saturated carbocycles. The molecule has 1 fully saturated rings. The molecular weight excluding hydrogens is 282 g/mol. The van der Waals surface area contributed by atoms with Crippen molar-refractivity contribution in [2.24, 2.45) is 0 Å². The highest BCUT2D eigenvalue weighted by atomic mass is 16.6. The van der Waals surface area contributed by atoms with Crippen LogP contribution in [-0.4, -0.2) is 41.6 Å². The summed E-state index contributed by atoms with van der Waals surface area (Å²) in [4.78, 5) is 12.2. The average Bonchev–Trinajstić information content (AvgIpc) is 3.10. The molecule has 2 atom stereocenters. The molecule has 0 bridgehead atoms. The fourth-order valence-corrected chi connectivity index (χ4v) is 2.39. The predicted molar refractivity (Wildman–Crippen MR) is 80.7 cm³/mol. The maximum atomic E-state index is 12.2. The van der Waals surface area contributed by atoms with E-state index in [-0.39, 0.29) is 11.9 Å². The zero-order valence-corrected chi connectivity index (χ0v) is 12.4. The lowest BCUT2D eigenvalue weighted by Gasteiger charge is -2.24. The van der Waals surface area contributed by atoms with Gasteiger partial charge in [0.1, 0.15) is 0 Å². The monoisotopic (exact) mass is 301 g/mol. The molecule has 116 valence electrons. The Morgan fingerprint density at radius 1 is 1.41 bits per heavy atom. The van der Waals surface area contributed by atoms with Crippen molar-refractivity contribution in [1.29, 1.82) is 0 Å². The molecule has 6 heteroatoms. The second-order valence-electron chi connectivity index (χ2n) is 5.21. The van der Waals surface area contributed by atoms with E-state index in [2.05, 4.69) is 10.4 Å². The number of hydrogen-bond acceptors (Lipinski definition) is 4. The van der Waals surface area contributed by atoms with Crippen LogP contribution in [0.15, 0.2) is 42.7 Å². The Labute approximate surface area is 129 Å². The topological polar surface area (TPSA) is 65.4 Å². The number of benzene rings is 1. The molecule has 0 aliphatic carbocycles. The first kappa shape index (κ1) is 14.7. The minimum absolute atomic E-state index is 0.117. The molecule has 3 rings (SSSR count). The minimum atomic E-state index is -0.523. The highest BCUT2D eigenvalue weighted by molar-refractivity contribution is 5.81. The molecule has 1 amide bonds. The average molecular weight is 301 g/mol. The second kappa shape index (κ2) is 6.72. The first-order valence-electron chi connectivity index (χ1n) is 7.34. The maximum Gasteiger partial charge on any atom is 0.252 e. The highest BCUT2D eigenvalue weighted by Gasteiger charge is 2.24. The van der Waals surface area contributed by atoms with E-state index in [4.69, 9.17) is 9.47 Å². The lowest BCUT2D eigenvalue weighted by atomic mass is 10.1. The van der Waals surface area contributed by atoms with Gasteiger partial charge in [0.15, 0.2) is 6.10 Å². The summed E-state index contributed by atoms with van der Waals surface area (Å²) in [7, 11) is 0. The van der Waals surface area contributed by atoms with E-state index >= 15 is 0 Å². The third kappa shape index (κ3) is 3.35. The van der Waals surface area contributed by atoms with E-state index in [0.717, 1.165) is 11.3 Å². The number of carbonyl (C=O) groups is 1. The molecule has 1 aromatic carbocycles. The standard InChI is InChI=1S/C16H19N3O3/c1-12(18-16(20)15-11-21-8-9-22-15)13-4-2-5-14(10-13)19-7-3-6-17-19/h2-7,10,12,15H,8-9,11H2,1H3,(H,18,20)/t12-,15-/m1/s1. The lowest BCUT2D eigenvalue weighted by Crippen LogP contribution is -2.43. The molecule has 22 heavy (non-hydrogen) atoms. The van der Waals surface area contributed by atoms with Gasteiger partial charge in [-0.3, -0.25) is 4.79 Å². The number of amides is 1. The normalized spacial score (nSPS) is 19.6. The number of nitrogens with zero attached hydrogens (tertiary/aromatic N) is 2. The Hall–Kier alpha value is -2.18. The summed E-state index contributed by atoms with van der Waals surface area (Å²) in [6, 6.07) is 9.68. The first-order valence-corrected chi connectivity index (χ1v) is 7.34. The summed E-state index contributed by atoms with van der Waals surface area (Å²) < 4.78 is 12.5. The molecule has 2 heterocycles. The van der Waals surface area contributed by atoms with Crippen molar-refractivity contribution in [3.8, 4) is 5.69 Å². The number of aromatic nitrogens is 2. The van der Waals surface area contributed by atoms with Crippen LogP contribution >= 0.6 is 0 Å². The summed E-state index contributed by atoms with van der Waals surface area (Å²) in [6.07, 6.45) is 3.10. The molecule has 2 aromatic rings. The molecule has 0 spiro atoms. The van der Waals surface area contributed by atoms with Crippen molar-refractivity contribution in [2.75, 3.05) is 19.8 Å². The van der Waals surface area contributed by atoms with Crippen LogP contribution in [0, 0.1) is 0 Å². The van der Waals surface area contributed by atoms with Crippen LogP contribution in [0.2, 0.25) is 0 Å². The molecule has 6 nitrogen and oxygen atoms in total. The summed E-state index contributed by atoms with van der Waals surface area (Å²) in [5.74, 6) is -0.142. The van der Waals surface area contributed by atoms with Crippen LogP contribution < -0.4 is 5.32 Å². The van der Waals surface area contributed by atoms with Crippen LogP contribution in [0.3, 0.4) is 0 Å². The lowest BCUT2D eigenvalue weighted by molar-refractivity contribution is -0.148. The summed E-state index contributed by atoms with van der Waals surface area (Å²) in [5.41, 5.74) is 1.97. The van der Waals surface area contributed by atoms with Crippen molar-refractivity contribution >= 4 is 5.91 Å². The minimum Gasteiger partial charge on any atom is -0.376 e. The number of hydrogen-bond donors (Lipinski definition) is 1. The molecule has 0 unspecified atom stereocenters. The van der Waals surface area contributed by atoms with Crippen molar-refractivity contribution in [3.63, 3.8) is 0 Å². The van der Waals surface area contributed by atoms with Gasteiger partial charge in [-0.05, 0) is 30.7 Å². The SMILES string of the molecule is C[C@@H](NC(=O)[C@H]1COCCO1)c1cccc(-n2cccn2)c1. The van der Waals surface area contributed by atoms with E-state index in [1.54, 1.807) is 10.9 Å². The molecule has 0 radical (unpaired) electrons. The number of rotatable bonds is 4. The smallest absolute Gasteiger partial charge is 0.252 e. The van der Waals surface area contributed by atoms with Crippen LogP contribution in [0.1, 0.15) is 18.5 Å². The summed E-state index contributed by atoms with van der Waals surface area (Å²) in [6.45, 7) is 3.27. The number of carbonyl (C=O) groups excluding carboxylic acids is 1. The van der Waals surface area contributed by atoms with E-state index < -0.39 is 6.10 Å². The van der Waals surface area contributed by atoms with Crippen LogP contribution in [0.5, 0.6) is 0 Å². The Balaban J connectivity index is 1.68. The van der Waals surface area contributed by atoms with Crippen molar-refractivity contribution < 1.29 is 14.3 Å². The van der Waals surface area contributed by atoms with E-state index in [1.165, 1.54) is 0 Å². The molecule has 1 aliphatic heterocycles. The van der Waals surface area contributed by atoms with Gasteiger partial charge in [-0.1, -0.05) is 12.1 Å². The zero-order chi connectivity index (χ0) is 15.4. The fraction of sp³-hybridized carbons (Fsp3) is 0.375. The van der Waals surface area contributed by atoms with Gasteiger partial charge >= 0.3 is 0 Å². The van der Waals surface area contributed by atoms with Gasteiger partial charge in [0.05, 0.1) is 31.5 Å². The summed E-state index contributed by atoms with van der Waals surface area (Å²) >= 11 is 0. The predicted octanol–water partition coefficient (Wildman–Crippen LogP) is 1.46. The second-order valence-corrected chi connectivity index (χ2v) is 5.21. The largest absolute Gasteiger partial charge is 0.376 e. The van der Waals surface area contributed by atoms with E-state index in [1.807, 2.05) is 43.5 Å². The molecule has 1 N–H and O–H groups in total. The highest BCUT2D eigenvalue weighted by Crippen LogP contribution is 2.17. The Bertz CT molecular complexity index is 621. The van der Waals surface area contributed by atoms with Gasteiger partial charge in [-0.25, -0.2) is 4.68 Å². The van der Waals surface area contributed by atoms with Gasteiger partial charge in [-0.15, -0.1) is 0 Å². The fourth-order valence-electron chi connectivity index (χ4n) is 2.39. The third-order valence-electron chi connectivity index (χ3n) is 3.61. The molecule has 1 aromatic heterocycles. The molecule has 1 saturated heterocycles. The van der Waals surface area contributed by atoms with Gasteiger partial charge < -0.3 is 14.8 Å². The quantitative estimate of drug-likeness (QED) is 0.928. The van der Waals surface area contributed by atoms with Crippen molar-refractivity contribution in [3.05, 3.63) is 48.3 Å². The number of nitrogens with one attached hydrogen (secondary N) is 1. The van der Waals surface area contributed by atoms with Gasteiger partial charge in [0, 0.05) is 12.4 Å². The zero-order valence-electron chi connectivity index (χ0n) is 12.4.